The molecule has 3 heteroatoms. The Bertz CT molecular complexity index is 132. The maximum absolute atomic E-state index is 10.0. The first kappa shape index (κ1) is 32.1. The van der Waals surface area contributed by atoms with E-state index >= 15 is 0 Å². The van der Waals surface area contributed by atoms with Crippen LogP contribution < -0.4 is 0 Å². The largest absolute Gasteiger partial charge is 0.463 e. The van der Waals surface area contributed by atoms with Gasteiger partial charge in [-0.3, -0.25) is 0 Å². The van der Waals surface area contributed by atoms with Crippen molar-refractivity contribution in [1.29, 1.82) is 0 Å². The Morgan fingerprint density at radius 1 is 0.950 bits per heavy atom. The Morgan fingerprint density at radius 2 is 1.20 bits per heavy atom. The molecule has 0 aliphatic carbocycles. The van der Waals surface area contributed by atoms with E-state index in [0.29, 0.717) is 6.61 Å². The number of rotatable bonds is 5. The third-order valence-corrected chi connectivity index (χ3v) is 1.48. The normalized spacial score (nSPS) is 7.15. The molecule has 0 fully saturated rings. The topological polar surface area (TPSA) is 26.3 Å². The van der Waals surface area contributed by atoms with Crippen molar-refractivity contribution in [2.45, 2.75) is 66.2 Å². The standard InChI is InChI=1S/C5H7O2.3C4H9.Sn/c1-3-5(6)7-4-2;3*1-3-4-2;/h1,3H,4H2,2H3;3*1,3-4H2,2H3;. The van der Waals surface area contributed by atoms with Crippen molar-refractivity contribution in [3.05, 3.63) is 33.4 Å². The van der Waals surface area contributed by atoms with E-state index in [1.807, 2.05) is 0 Å². The average molecular weight is 389 g/mol. The van der Waals surface area contributed by atoms with Gasteiger partial charge in [-0.05, 0) is 6.92 Å². The summed E-state index contributed by atoms with van der Waals surface area (Å²) < 4.78 is 4.37. The van der Waals surface area contributed by atoms with Gasteiger partial charge in [0.2, 0.25) is 0 Å². The summed E-state index contributed by atoms with van der Waals surface area (Å²) >= 11 is 0. The fourth-order valence-electron chi connectivity index (χ4n) is 0.190. The minimum atomic E-state index is -0.470. The van der Waals surface area contributed by atoms with E-state index in [0.717, 1.165) is 25.3 Å². The van der Waals surface area contributed by atoms with Crippen LogP contribution in [-0.2, 0) is 9.53 Å². The van der Waals surface area contributed by atoms with Gasteiger partial charge in [-0.1, -0.05) is 86.6 Å². The smallest absolute Gasteiger partial charge is 0.330 e. The fraction of sp³-hybridized carbons (Fsp3) is 0.647. The Labute approximate surface area is 145 Å². The summed E-state index contributed by atoms with van der Waals surface area (Å²) in [6, 6.07) is 0. The predicted molar refractivity (Wildman–Crippen MR) is 92.1 cm³/mol. The van der Waals surface area contributed by atoms with Crippen molar-refractivity contribution < 1.29 is 9.53 Å². The predicted octanol–water partition coefficient (Wildman–Crippen LogP) is 5.02. The zero-order valence-corrected chi connectivity index (χ0v) is 16.9. The van der Waals surface area contributed by atoms with Crippen molar-refractivity contribution in [2.75, 3.05) is 6.61 Å². The van der Waals surface area contributed by atoms with Gasteiger partial charge in [0.25, 0.3) is 0 Å². The number of hydrogen-bond acceptors (Lipinski definition) is 2. The van der Waals surface area contributed by atoms with Gasteiger partial charge in [0.15, 0.2) is 0 Å². The van der Waals surface area contributed by atoms with Crippen LogP contribution in [0, 0.1) is 27.4 Å². The summed E-state index contributed by atoms with van der Waals surface area (Å²) in [5, 5.41) is 0. The van der Waals surface area contributed by atoms with Gasteiger partial charge >= 0.3 is 5.97 Å². The Balaban J connectivity index is -0.0000000512. The molecule has 0 spiro atoms. The van der Waals surface area contributed by atoms with Gasteiger partial charge in [0, 0.05) is 30.0 Å². The van der Waals surface area contributed by atoms with E-state index in [1.165, 1.54) is 19.3 Å². The Morgan fingerprint density at radius 3 is 1.25 bits per heavy atom. The molecule has 0 N–H and O–H groups in total. The van der Waals surface area contributed by atoms with Crippen LogP contribution in [-0.4, -0.2) is 36.5 Å². The maximum Gasteiger partial charge on any atom is 0.330 e. The van der Waals surface area contributed by atoms with Crippen LogP contribution in [0.15, 0.2) is 6.08 Å². The van der Waals surface area contributed by atoms with Gasteiger partial charge in [0.1, 0.15) is 0 Å². The first-order chi connectivity index (χ1) is 9.05. The summed E-state index contributed by atoms with van der Waals surface area (Å²) in [6.45, 7) is 24.0. The molecular formula is C17H34O2Sn. The molecule has 118 valence electrons. The van der Waals surface area contributed by atoms with Crippen LogP contribution in [0.25, 0.3) is 0 Å². The van der Waals surface area contributed by atoms with E-state index < -0.39 is 5.97 Å². The van der Waals surface area contributed by atoms with E-state index in [9.17, 15) is 4.79 Å². The molecule has 0 rings (SSSR count). The molecule has 0 aromatic heterocycles. The van der Waals surface area contributed by atoms with Crippen molar-refractivity contribution in [1.82, 2.24) is 0 Å². The number of hydrogen-bond donors (Lipinski definition) is 0. The van der Waals surface area contributed by atoms with E-state index in [2.05, 4.69) is 46.3 Å². The van der Waals surface area contributed by atoms with Crippen LogP contribution in [0.4, 0.5) is 0 Å². The van der Waals surface area contributed by atoms with E-state index in [4.69, 9.17) is 6.58 Å². The molecule has 8 radical (unpaired) electrons. The summed E-state index contributed by atoms with van der Waals surface area (Å²) in [5.74, 6) is -0.470. The van der Waals surface area contributed by atoms with Crippen molar-refractivity contribution in [3.8, 4) is 0 Å². The molecule has 0 atom stereocenters. The third kappa shape index (κ3) is 81.2. The van der Waals surface area contributed by atoms with Crippen LogP contribution in [0.5, 0.6) is 0 Å². The van der Waals surface area contributed by atoms with E-state index in [1.54, 1.807) is 6.92 Å². The minimum absolute atomic E-state index is 0. The quantitative estimate of drug-likeness (QED) is 0.375. The Kier molecular flexibility index (Phi) is 68.6. The number of carbonyl (C=O) groups excluding carboxylic acids is 1. The van der Waals surface area contributed by atoms with Crippen molar-refractivity contribution >= 4 is 29.9 Å². The molecule has 0 unspecified atom stereocenters. The van der Waals surface area contributed by atoms with Gasteiger partial charge in [-0.25, -0.2) is 4.79 Å². The first-order valence-electron chi connectivity index (χ1n) is 7.15. The fourth-order valence-corrected chi connectivity index (χ4v) is 0.190. The van der Waals surface area contributed by atoms with Gasteiger partial charge in [-0.2, -0.15) is 0 Å². The molecular weight excluding hydrogens is 355 g/mol. The van der Waals surface area contributed by atoms with Crippen molar-refractivity contribution in [3.63, 3.8) is 0 Å². The summed E-state index contributed by atoms with van der Waals surface area (Å²) in [5.41, 5.74) is 0. The monoisotopic (exact) mass is 390 g/mol. The molecule has 2 nitrogen and oxygen atoms in total. The maximum atomic E-state index is 10.0. The molecule has 0 bridgehead atoms. The second-order valence-electron chi connectivity index (χ2n) is 3.48. The molecule has 0 aliphatic rings. The molecule has 0 saturated carbocycles. The number of ether oxygens (including phenoxy) is 1. The van der Waals surface area contributed by atoms with Crippen LogP contribution in [0.1, 0.15) is 66.2 Å². The van der Waals surface area contributed by atoms with Gasteiger partial charge in [-0.15, -0.1) is 0 Å². The third-order valence-electron chi connectivity index (χ3n) is 1.48. The van der Waals surface area contributed by atoms with Crippen molar-refractivity contribution in [2.24, 2.45) is 0 Å². The molecule has 20 heavy (non-hydrogen) atoms. The number of unbranched alkanes of at least 4 members (excludes halogenated alkanes) is 3. The van der Waals surface area contributed by atoms with Gasteiger partial charge < -0.3 is 4.74 Å². The second kappa shape index (κ2) is 42.7. The molecule has 0 amide bonds. The summed E-state index contributed by atoms with van der Waals surface area (Å²) in [6.07, 6.45) is 7.73. The molecule has 0 aromatic rings. The first-order valence-corrected chi connectivity index (χ1v) is 7.15. The zero-order valence-electron chi connectivity index (χ0n) is 14.0. The summed E-state index contributed by atoms with van der Waals surface area (Å²) in [7, 11) is 0. The van der Waals surface area contributed by atoms with Gasteiger partial charge in [0.05, 0.1) is 6.61 Å². The Hall–Kier alpha value is 0.00870. The van der Waals surface area contributed by atoms with Crippen LogP contribution >= 0.6 is 0 Å². The molecule has 0 aromatic carbocycles. The minimum Gasteiger partial charge on any atom is -0.463 e. The average Bonchev–Trinajstić information content (AvgIpc) is 2.48. The van der Waals surface area contributed by atoms with Crippen LogP contribution in [0.3, 0.4) is 0 Å². The van der Waals surface area contributed by atoms with Crippen LogP contribution in [0.2, 0.25) is 0 Å². The molecule has 0 saturated heterocycles. The summed E-state index contributed by atoms with van der Waals surface area (Å²) in [4.78, 5) is 10.0. The number of carbonyl (C=O) groups is 1. The number of esters is 1. The second-order valence-corrected chi connectivity index (χ2v) is 3.48. The SMILES string of the molecule is [CH2]CCC.[CH2]CCC.[CH2]CCC.[CH]=CC(=O)OCC.[Sn]. The zero-order chi connectivity index (χ0) is 15.9. The van der Waals surface area contributed by atoms with E-state index in [-0.39, 0.29) is 23.9 Å². The molecule has 0 aliphatic heterocycles. The molecule has 0 heterocycles.